The fraction of sp³-hybridized carbons (Fsp3) is 0.538. The highest BCUT2D eigenvalue weighted by molar-refractivity contribution is 5.36. The summed E-state index contributed by atoms with van der Waals surface area (Å²) in [6.07, 6.45) is 5.07. The van der Waals surface area contributed by atoms with Crippen molar-refractivity contribution in [2.45, 2.75) is 45.4 Å². The second kappa shape index (κ2) is 3.53. The molecule has 0 N–H and O–H groups in total. The van der Waals surface area contributed by atoms with Gasteiger partial charge in [-0.2, -0.15) is 0 Å². The number of benzene rings is 1. The molecular formula is C13H17. The van der Waals surface area contributed by atoms with Gasteiger partial charge in [0.2, 0.25) is 0 Å². The summed E-state index contributed by atoms with van der Waals surface area (Å²) in [5, 5.41) is 0. The van der Waals surface area contributed by atoms with Gasteiger partial charge in [-0.15, -0.1) is 0 Å². The van der Waals surface area contributed by atoms with Crippen molar-refractivity contribution in [1.29, 1.82) is 0 Å². The lowest BCUT2D eigenvalue weighted by Crippen LogP contribution is -1.93. The van der Waals surface area contributed by atoms with Crippen molar-refractivity contribution >= 4 is 0 Å². The molecular weight excluding hydrogens is 156 g/mol. The van der Waals surface area contributed by atoms with Gasteiger partial charge < -0.3 is 0 Å². The van der Waals surface area contributed by atoms with E-state index in [-0.39, 0.29) is 0 Å². The molecule has 1 aliphatic carbocycles. The molecule has 13 heavy (non-hydrogen) atoms. The first-order chi connectivity index (χ1) is 6.35. The maximum Gasteiger partial charge on any atom is -0.0143 e. The van der Waals surface area contributed by atoms with Crippen LogP contribution in [0.15, 0.2) is 12.1 Å². The summed E-state index contributed by atoms with van der Waals surface area (Å²) in [6.45, 7) is 4.44. The summed E-state index contributed by atoms with van der Waals surface area (Å²) in [7, 11) is 0. The lowest BCUT2D eigenvalue weighted by molar-refractivity contribution is 1.00. The Morgan fingerprint density at radius 3 is 2.62 bits per heavy atom. The van der Waals surface area contributed by atoms with Gasteiger partial charge in [0.1, 0.15) is 0 Å². The first kappa shape index (κ1) is 8.80. The van der Waals surface area contributed by atoms with Crippen LogP contribution in [0, 0.1) is 6.07 Å². The van der Waals surface area contributed by atoms with Crippen LogP contribution in [0.4, 0.5) is 0 Å². The van der Waals surface area contributed by atoms with Gasteiger partial charge in [-0.25, -0.2) is 0 Å². The van der Waals surface area contributed by atoms with Crippen LogP contribution >= 0.6 is 0 Å². The molecule has 0 heterocycles. The van der Waals surface area contributed by atoms with Crippen molar-refractivity contribution in [2.75, 3.05) is 0 Å². The summed E-state index contributed by atoms with van der Waals surface area (Å²) in [4.78, 5) is 0. The van der Waals surface area contributed by atoms with E-state index in [9.17, 15) is 0 Å². The Hall–Kier alpha value is -0.780. The van der Waals surface area contributed by atoms with Crippen LogP contribution in [-0.2, 0) is 12.8 Å². The molecule has 0 nitrogen and oxygen atoms in total. The van der Waals surface area contributed by atoms with Crippen LogP contribution in [0.2, 0.25) is 0 Å². The summed E-state index contributed by atoms with van der Waals surface area (Å²) < 4.78 is 0. The third-order valence-corrected chi connectivity index (χ3v) is 2.90. The molecule has 0 bridgehead atoms. The fourth-order valence-corrected chi connectivity index (χ4v) is 1.86. The van der Waals surface area contributed by atoms with E-state index in [4.69, 9.17) is 0 Å². The molecule has 0 atom stereocenters. The van der Waals surface area contributed by atoms with Crippen molar-refractivity contribution in [1.82, 2.24) is 0 Å². The van der Waals surface area contributed by atoms with Crippen LogP contribution in [0.25, 0.3) is 0 Å². The van der Waals surface area contributed by atoms with E-state index in [2.05, 4.69) is 32.0 Å². The topological polar surface area (TPSA) is 0 Å². The van der Waals surface area contributed by atoms with E-state index in [0.29, 0.717) is 0 Å². The van der Waals surface area contributed by atoms with Gasteiger partial charge in [0.05, 0.1) is 0 Å². The largest absolute Gasteiger partial charge is 0.0613 e. The molecule has 1 fully saturated rings. The lowest BCUT2D eigenvalue weighted by atomic mass is 9.98. The standard InChI is InChI=1S/C13H17/c1-3-10-5-6-11(4-2)13(9-10)12-7-8-12/h5,9,12H,3-4,7-8H2,1-2H3. The van der Waals surface area contributed by atoms with Gasteiger partial charge in [0.25, 0.3) is 0 Å². The minimum atomic E-state index is 0.873. The summed E-state index contributed by atoms with van der Waals surface area (Å²) in [5.41, 5.74) is 4.47. The third kappa shape index (κ3) is 1.77. The molecule has 0 saturated heterocycles. The third-order valence-electron chi connectivity index (χ3n) is 2.90. The minimum absolute atomic E-state index is 0.873. The van der Waals surface area contributed by atoms with Crippen LogP contribution in [0.3, 0.4) is 0 Å². The molecule has 0 aliphatic heterocycles. The van der Waals surface area contributed by atoms with Crippen molar-refractivity contribution in [2.24, 2.45) is 0 Å². The smallest absolute Gasteiger partial charge is 0.0143 e. The van der Waals surface area contributed by atoms with Gasteiger partial charge in [-0.05, 0) is 54.4 Å². The number of rotatable bonds is 3. The van der Waals surface area contributed by atoms with Crippen LogP contribution in [0.5, 0.6) is 0 Å². The fourth-order valence-electron chi connectivity index (χ4n) is 1.86. The Morgan fingerprint density at radius 1 is 1.31 bits per heavy atom. The van der Waals surface area contributed by atoms with Crippen molar-refractivity contribution in [3.8, 4) is 0 Å². The minimum Gasteiger partial charge on any atom is -0.0613 e. The highest BCUT2D eigenvalue weighted by Gasteiger charge is 2.25. The van der Waals surface area contributed by atoms with E-state index < -0.39 is 0 Å². The molecule has 0 amide bonds. The van der Waals surface area contributed by atoms with Crippen molar-refractivity contribution in [3.05, 3.63) is 34.9 Å². The zero-order valence-corrected chi connectivity index (χ0v) is 8.56. The van der Waals surface area contributed by atoms with Crippen LogP contribution in [-0.4, -0.2) is 0 Å². The van der Waals surface area contributed by atoms with Gasteiger partial charge >= 0.3 is 0 Å². The first-order valence-corrected chi connectivity index (χ1v) is 5.38. The highest BCUT2D eigenvalue weighted by Crippen LogP contribution is 2.42. The summed E-state index contributed by atoms with van der Waals surface area (Å²) in [5.74, 6) is 0.873. The van der Waals surface area contributed by atoms with E-state index in [1.807, 2.05) is 0 Å². The second-order valence-corrected chi connectivity index (χ2v) is 3.92. The van der Waals surface area contributed by atoms with Crippen molar-refractivity contribution in [3.63, 3.8) is 0 Å². The van der Waals surface area contributed by atoms with Crippen molar-refractivity contribution < 1.29 is 0 Å². The maximum atomic E-state index is 3.43. The molecule has 1 aromatic carbocycles. The normalized spacial score (nSPS) is 16.2. The van der Waals surface area contributed by atoms with Gasteiger partial charge in [0, 0.05) is 0 Å². The molecule has 0 unspecified atom stereocenters. The average Bonchev–Trinajstić information content (AvgIpc) is 3.00. The van der Waals surface area contributed by atoms with Gasteiger partial charge in [-0.1, -0.05) is 26.0 Å². The molecule has 1 aliphatic rings. The van der Waals surface area contributed by atoms with E-state index in [1.165, 1.54) is 24.0 Å². The first-order valence-electron chi connectivity index (χ1n) is 5.38. The Kier molecular flexibility index (Phi) is 2.39. The molecule has 1 radical (unpaired) electrons. The summed E-state index contributed by atoms with van der Waals surface area (Å²) in [6, 6.07) is 7.98. The number of hydrogen-bond donors (Lipinski definition) is 0. The zero-order chi connectivity index (χ0) is 9.26. The van der Waals surface area contributed by atoms with E-state index >= 15 is 0 Å². The Morgan fingerprint density at radius 2 is 2.08 bits per heavy atom. The average molecular weight is 173 g/mol. The predicted octanol–water partition coefficient (Wildman–Crippen LogP) is 3.49. The zero-order valence-electron chi connectivity index (χ0n) is 8.56. The molecule has 1 saturated carbocycles. The van der Waals surface area contributed by atoms with Crippen LogP contribution in [0.1, 0.15) is 49.3 Å². The molecule has 0 aromatic heterocycles. The summed E-state index contributed by atoms with van der Waals surface area (Å²) >= 11 is 0. The van der Waals surface area contributed by atoms with E-state index in [0.717, 1.165) is 18.8 Å². The quantitative estimate of drug-likeness (QED) is 0.656. The molecule has 1 aromatic rings. The lowest BCUT2D eigenvalue weighted by Gasteiger charge is -2.07. The van der Waals surface area contributed by atoms with Gasteiger partial charge in [0.15, 0.2) is 0 Å². The predicted molar refractivity (Wildman–Crippen MR) is 56.0 cm³/mol. The molecule has 0 heteroatoms. The van der Waals surface area contributed by atoms with Crippen LogP contribution < -0.4 is 0 Å². The van der Waals surface area contributed by atoms with Gasteiger partial charge in [-0.3, -0.25) is 0 Å². The Bertz CT molecular complexity index is 295. The molecule has 0 spiro atoms. The monoisotopic (exact) mass is 173 g/mol. The molecule has 69 valence electrons. The SMILES string of the molecule is CCc1c[c]c(CC)c(C2CC2)c1. The highest BCUT2D eigenvalue weighted by atomic mass is 14.3. The van der Waals surface area contributed by atoms with E-state index in [1.54, 1.807) is 5.56 Å². The Labute approximate surface area is 81.0 Å². The Balaban J connectivity index is 2.35. The molecule has 2 rings (SSSR count). The number of hydrogen-bond acceptors (Lipinski definition) is 0. The maximum absolute atomic E-state index is 3.43. The second-order valence-electron chi connectivity index (χ2n) is 3.92. The number of aryl methyl sites for hydroxylation is 2.